The first-order valence-electron chi connectivity index (χ1n) is 5.67. The highest BCUT2D eigenvalue weighted by Crippen LogP contribution is 2.27. The lowest BCUT2D eigenvalue weighted by Gasteiger charge is -2.35. The molecule has 2 heteroatoms. The summed E-state index contributed by atoms with van der Waals surface area (Å²) in [4.78, 5) is 0. The number of aryl methyl sites for hydroxylation is 2. The lowest BCUT2D eigenvalue weighted by atomic mass is 9.86. The van der Waals surface area contributed by atoms with Crippen molar-refractivity contribution in [1.82, 2.24) is 10.6 Å². The molecule has 15 heavy (non-hydrogen) atoms. The zero-order chi connectivity index (χ0) is 10.8. The maximum Gasteiger partial charge on any atom is 0.0373 e. The molecule has 2 nitrogen and oxygen atoms in total. The Bertz CT molecular complexity index is 342. The van der Waals surface area contributed by atoms with Gasteiger partial charge in [0, 0.05) is 25.0 Å². The van der Waals surface area contributed by atoms with Crippen molar-refractivity contribution in [2.75, 3.05) is 20.1 Å². The Morgan fingerprint density at radius 1 is 1.33 bits per heavy atom. The summed E-state index contributed by atoms with van der Waals surface area (Å²) in [6, 6.07) is 7.25. The Morgan fingerprint density at radius 3 is 2.53 bits per heavy atom. The van der Waals surface area contributed by atoms with Gasteiger partial charge in [0.2, 0.25) is 0 Å². The monoisotopic (exact) mass is 204 g/mol. The normalized spacial score (nSPS) is 18.6. The Hall–Kier alpha value is -0.860. The van der Waals surface area contributed by atoms with Crippen LogP contribution in [0.15, 0.2) is 18.2 Å². The van der Waals surface area contributed by atoms with Crippen molar-refractivity contribution in [2.45, 2.75) is 19.9 Å². The van der Waals surface area contributed by atoms with Gasteiger partial charge in [0.15, 0.2) is 0 Å². The van der Waals surface area contributed by atoms with Gasteiger partial charge in [-0.2, -0.15) is 0 Å². The number of hydrogen-bond acceptors (Lipinski definition) is 2. The van der Waals surface area contributed by atoms with Crippen LogP contribution in [0.25, 0.3) is 0 Å². The minimum absolute atomic E-state index is 0.506. The number of benzene rings is 1. The molecule has 1 fully saturated rings. The van der Waals surface area contributed by atoms with E-state index in [4.69, 9.17) is 0 Å². The quantitative estimate of drug-likeness (QED) is 0.784. The molecule has 0 bridgehead atoms. The van der Waals surface area contributed by atoms with Crippen molar-refractivity contribution in [1.29, 1.82) is 0 Å². The van der Waals surface area contributed by atoms with Crippen LogP contribution < -0.4 is 10.6 Å². The summed E-state index contributed by atoms with van der Waals surface area (Å²) in [5.74, 6) is 0.747. The molecule has 0 radical (unpaired) electrons. The third-order valence-corrected chi connectivity index (χ3v) is 3.36. The van der Waals surface area contributed by atoms with E-state index in [0.717, 1.165) is 19.0 Å². The molecular formula is C13H20N2. The summed E-state index contributed by atoms with van der Waals surface area (Å²) in [7, 11) is 2.06. The second-order valence-electron chi connectivity index (χ2n) is 4.54. The number of rotatable bonds is 3. The molecule has 1 atom stereocenters. The first-order chi connectivity index (χ1) is 7.22. The lowest BCUT2D eigenvalue weighted by molar-refractivity contribution is 0.267. The van der Waals surface area contributed by atoms with Gasteiger partial charge in [0.1, 0.15) is 0 Å². The van der Waals surface area contributed by atoms with Crippen molar-refractivity contribution in [3.63, 3.8) is 0 Å². The van der Waals surface area contributed by atoms with E-state index in [9.17, 15) is 0 Å². The largest absolute Gasteiger partial charge is 0.316 e. The van der Waals surface area contributed by atoms with E-state index in [1.165, 1.54) is 16.7 Å². The molecule has 1 heterocycles. The van der Waals surface area contributed by atoms with Gasteiger partial charge >= 0.3 is 0 Å². The van der Waals surface area contributed by atoms with Crippen molar-refractivity contribution < 1.29 is 0 Å². The average molecular weight is 204 g/mol. The van der Waals surface area contributed by atoms with Crippen LogP contribution in [0.5, 0.6) is 0 Å². The maximum absolute atomic E-state index is 3.44. The predicted octanol–water partition coefficient (Wildman–Crippen LogP) is 1.78. The molecular weight excluding hydrogens is 184 g/mol. The molecule has 0 aromatic heterocycles. The van der Waals surface area contributed by atoms with Gasteiger partial charge in [0.25, 0.3) is 0 Å². The van der Waals surface area contributed by atoms with E-state index in [0.29, 0.717) is 6.04 Å². The molecule has 0 aliphatic carbocycles. The zero-order valence-electron chi connectivity index (χ0n) is 9.80. The predicted molar refractivity (Wildman–Crippen MR) is 64.1 cm³/mol. The highest BCUT2D eigenvalue weighted by Gasteiger charge is 2.27. The molecule has 2 N–H and O–H groups in total. The molecule has 1 unspecified atom stereocenters. The van der Waals surface area contributed by atoms with Crippen molar-refractivity contribution in [2.24, 2.45) is 5.92 Å². The van der Waals surface area contributed by atoms with Crippen LogP contribution in [0.3, 0.4) is 0 Å². The first-order valence-corrected chi connectivity index (χ1v) is 5.67. The van der Waals surface area contributed by atoms with Crippen LogP contribution in [0, 0.1) is 19.8 Å². The van der Waals surface area contributed by atoms with E-state index in [-0.39, 0.29) is 0 Å². The topological polar surface area (TPSA) is 24.1 Å². The number of nitrogens with one attached hydrogen (secondary N) is 2. The highest BCUT2D eigenvalue weighted by molar-refractivity contribution is 5.33. The van der Waals surface area contributed by atoms with Crippen LogP contribution in [0.2, 0.25) is 0 Å². The first kappa shape index (κ1) is 10.7. The Morgan fingerprint density at radius 2 is 2.07 bits per heavy atom. The van der Waals surface area contributed by atoms with Crippen LogP contribution in [-0.4, -0.2) is 20.1 Å². The van der Waals surface area contributed by atoms with Crippen molar-refractivity contribution in [3.8, 4) is 0 Å². The lowest BCUT2D eigenvalue weighted by Crippen LogP contribution is -2.48. The van der Waals surface area contributed by atoms with Gasteiger partial charge in [-0.05, 0) is 32.0 Å². The van der Waals surface area contributed by atoms with E-state index >= 15 is 0 Å². The molecule has 1 aliphatic heterocycles. The van der Waals surface area contributed by atoms with Gasteiger partial charge in [0.05, 0.1) is 0 Å². The van der Waals surface area contributed by atoms with Gasteiger partial charge in [-0.15, -0.1) is 0 Å². The van der Waals surface area contributed by atoms with Crippen LogP contribution in [-0.2, 0) is 0 Å². The van der Waals surface area contributed by atoms with Gasteiger partial charge in [-0.3, -0.25) is 0 Å². The van der Waals surface area contributed by atoms with Gasteiger partial charge < -0.3 is 10.6 Å². The van der Waals surface area contributed by atoms with E-state index < -0.39 is 0 Å². The van der Waals surface area contributed by atoms with E-state index in [2.05, 4.69) is 49.7 Å². The SMILES string of the molecule is CNC(c1ccc(C)cc1C)C1CNC1. The summed E-state index contributed by atoms with van der Waals surface area (Å²) in [6.45, 7) is 6.63. The smallest absolute Gasteiger partial charge is 0.0373 e. The molecule has 1 saturated heterocycles. The minimum atomic E-state index is 0.506. The van der Waals surface area contributed by atoms with E-state index in [1.807, 2.05) is 0 Å². The Kier molecular flexibility index (Phi) is 3.08. The molecule has 0 saturated carbocycles. The summed E-state index contributed by atoms with van der Waals surface area (Å²) >= 11 is 0. The molecule has 0 spiro atoms. The second-order valence-corrected chi connectivity index (χ2v) is 4.54. The fourth-order valence-corrected chi connectivity index (χ4v) is 2.37. The van der Waals surface area contributed by atoms with Crippen LogP contribution >= 0.6 is 0 Å². The molecule has 0 amide bonds. The van der Waals surface area contributed by atoms with Crippen molar-refractivity contribution in [3.05, 3.63) is 34.9 Å². The molecule has 82 valence electrons. The summed E-state index contributed by atoms with van der Waals surface area (Å²) in [6.07, 6.45) is 0. The van der Waals surface area contributed by atoms with Crippen LogP contribution in [0.1, 0.15) is 22.7 Å². The average Bonchev–Trinajstić information content (AvgIpc) is 2.12. The standard InChI is InChI=1S/C13H20N2/c1-9-4-5-12(10(2)6-9)13(14-3)11-7-15-8-11/h4-6,11,13-15H,7-8H2,1-3H3. The van der Waals surface area contributed by atoms with Gasteiger partial charge in [-0.1, -0.05) is 23.8 Å². The Balaban J connectivity index is 2.25. The van der Waals surface area contributed by atoms with Crippen molar-refractivity contribution >= 4 is 0 Å². The fourth-order valence-electron chi connectivity index (χ4n) is 2.37. The molecule has 1 aromatic rings. The number of hydrogen-bond donors (Lipinski definition) is 2. The van der Waals surface area contributed by atoms with Crippen LogP contribution in [0.4, 0.5) is 0 Å². The molecule has 1 aliphatic rings. The molecule has 1 aromatic carbocycles. The van der Waals surface area contributed by atoms with E-state index in [1.54, 1.807) is 0 Å². The second kappa shape index (κ2) is 4.33. The maximum atomic E-state index is 3.44. The van der Waals surface area contributed by atoms with Gasteiger partial charge in [-0.25, -0.2) is 0 Å². The summed E-state index contributed by atoms with van der Waals surface area (Å²) in [5, 5.41) is 6.78. The zero-order valence-corrected chi connectivity index (χ0v) is 9.80. The Labute approximate surface area is 92.1 Å². The highest BCUT2D eigenvalue weighted by atomic mass is 15.0. The summed E-state index contributed by atoms with van der Waals surface area (Å²) < 4.78 is 0. The molecule has 2 rings (SSSR count). The third-order valence-electron chi connectivity index (χ3n) is 3.36. The minimum Gasteiger partial charge on any atom is -0.316 e. The third kappa shape index (κ3) is 2.06. The fraction of sp³-hybridized carbons (Fsp3) is 0.538. The summed E-state index contributed by atoms with van der Waals surface area (Å²) in [5.41, 5.74) is 4.20.